The third-order valence-electron chi connectivity index (χ3n) is 3.84. The van der Waals surface area contributed by atoms with Crippen LogP contribution in [0.2, 0.25) is 0 Å². The molecule has 0 amide bonds. The molecule has 152 valence electrons. The van der Waals surface area contributed by atoms with Crippen LogP contribution >= 0.6 is 0 Å². The van der Waals surface area contributed by atoms with Gasteiger partial charge in [-0.3, -0.25) is 0 Å². The SMILES string of the molecule is C/C=N\N(NC)c1ccc(OCc2c(C)nnn2-c2ccc(C(F)F)cn2)nn1. The van der Waals surface area contributed by atoms with Crippen LogP contribution in [0.15, 0.2) is 35.6 Å². The molecule has 3 aromatic rings. The van der Waals surface area contributed by atoms with Crippen molar-refractivity contribution in [2.45, 2.75) is 26.9 Å². The summed E-state index contributed by atoms with van der Waals surface area (Å²) < 4.78 is 32.5. The molecule has 3 rings (SSSR count). The third-order valence-corrected chi connectivity index (χ3v) is 3.84. The van der Waals surface area contributed by atoms with E-state index in [1.807, 2.05) is 0 Å². The molecule has 3 heterocycles. The molecule has 0 bridgehead atoms. The van der Waals surface area contributed by atoms with Gasteiger partial charge in [0.15, 0.2) is 11.6 Å². The lowest BCUT2D eigenvalue weighted by atomic mass is 10.3. The van der Waals surface area contributed by atoms with Crippen LogP contribution in [0.3, 0.4) is 0 Å². The van der Waals surface area contributed by atoms with E-state index in [0.717, 1.165) is 6.20 Å². The number of anilines is 1. The standard InChI is InChI=1S/C17H19F2N9O/c1-4-22-28(20-3)15-7-8-16(25-24-15)29-10-13-11(2)23-26-27(13)14-6-5-12(9-21-14)17(18)19/h4-9,17,20H,10H2,1-3H3/b22-4-. The van der Waals surface area contributed by atoms with Crippen molar-refractivity contribution in [2.75, 3.05) is 12.2 Å². The van der Waals surface area contributed by atoms with E-state index < -0.39 is 6.43 Å². The number of halogens is 2. The van der Waals surface area contributed by atoms with Gasteiger partial charge in [-0.25, -0.2) is 19.2 Å². The molecule has 12 heteroatoms. The van der Waals surface area contributed by atoms with Gasteiger partial charge in [0.2, 0.25) is 5.88 Å². The number of nitrogens with zero attached hydrogens (tertiary/aromatic N) is 8. The second kappa shape index (κ2) is 9.10. The van der Waals surface area contributed by atoms with Crippen molar-refractivity contribution in [1.29, 1.82) is 0 Å². The summed E-state index contributed by atoms with van der Waals surface area (Å²) in [4.78, 5) is 4.03. The molecule has 1 N–H and O–H groups in total. The highest BCUT2D eigenvalue weighted by Crippen LogP contribution is 2.20. The Kier molecular flexibility index (Phi) is 6.34. The predicted molar refractivity (Wildman–Crippen MR) is 101 cm³/mol. The summed E-state index contributed by atoms with van der Waals surface area (Å²) in [7, 11) is 1.71. The molecule has 0 atom stereocenters. The van der Waals surface area contributed by atoms with E-state index in [-0.39, 0.29) is 12.2 Å². The second-order valence-electron chi connectivity index (χ2n) is 5.71. The molecule has 0 saturated carbocycles. The van der Waals surface area contributed by atoms with E-state index in [1.165, 1.54) is 21.9 Å². The fraction of sp³-hybridized carbons (Fsp3) is 0.294. The van der Waals surface area contributed by atoms with Crippen molar-refractivity contribution in [2.24, 2.45) is 5.10 Å². The lowest BCUT2D eigenvalue weighted by molar-refractivity contribution is 0.151. The van der Waals surface area contributed by atoms with Gasteiger partial charge < -0.3 is 4.74 Å². The molecule has 0 saturated heterocycles. The Morgan fingerprint density at radius 1 is 1.24 bits per heavy atom. The van der Waals surface area contributed by atoms with Crippen molar-refractivity contribution in [1.82, 2.24) is 35.6 Å². The van der Waals surface area contributed by atoms with Gasteiger partial charge in [-0.1, -0.05) is 5.21 Å². The van der Waals surface area contributed by atoms with Crippen molar-refractivity contribution < 1.29 is 13.5 Å². The minimum absolute atomic E-state index is 0.0913. The first kappa shape index (κ1) is 20.2. The van der Waals surface area contributed by atoms with E-state index in [1.54, 1.807) is 39.2 Å². The van der Waals surface area contributed by atoms with Gasteiger partial charge in [0, 0.05) is 31.1 Å². The molecule has 0 fully saturated rings. The summed E-state index contributed by atoms with van der Waals surface area (Å²) in [6, 6.07) is 6.09. The number of nitrogens with one attached hydrogen (secondary N) is 1. The lowest BCUT2D eigenvalue weighted by Crippen LogP contribution is -2.30. The van der Waals surface area contributed by atoms with Crippen LogP contribution in [0.5, 0.6) is 5.88 Å². The van der Waals surface area contributed by atoms with E-state index in [9.17, 15) is 8.78 Å². The topological polar surface area (TPSA) is 106 Å². The lowest BCUT2D eigenvalue weighted by Gasteiger charge is -2.15. The van der Waals surface area contributed by atoms with Gasteiger partial charge in [0.1, 0.15) is 12.3 Å². The Morgan fingerprint density at radius 3 is 2.66 bits per heavy atom. The summed E-state index contributed by atoms with van der Waals surface area (Å²) >= 11 is 0. The van der Waals surface area contributed by atoms with Gasteiger partial charge >= 0.3 is 0 Å². The molecular formula is C17H19F2N9O. The number of aryl methyl sites for hydroxylation is 1. The predicted octanol–water partition coefficient (Wildman–Crippen LogP) is 2.22. The minimum atomic E-state index is -2.58. The Hall–Kier alpha value is -3.54. The van der Waals surface area contributed by atoms with Crippen LogP contribution < -0.4 is 15.3 Å². The number of pyridine rings is 1. The highest BCUT2D eigenvalue weighted by Gasteiger charge is 2.15. The number of alkyl halides is 2. The van der Waals surface area contributed by atoms with Gasteiger partial charge in [0.25, 0.3) is 6.43 Å². The molecule has 0 radical (unpaired) electrons. The zero-order valence-corrected chi connectivity index (χ0v) is 16.0. The van der Waals surface area contributed by atoms with E-state index >= 15 is 0 Å². The maximum atomic E-state index is 12.7. The van der Waals surface area contributed by atoms with E-state index in [0.29, 0.717) is 28.9 Å². The molecule has 0 spiro atoms. The Bertz CT molecular complexity index is 958. The van der Waals surface area contributed by atoms with Crippen LogP contribution in [0, 0.1) is 6.92 Å². The summed E-state index contributed by atoms with van der Waals surface area (Å²) in [5, 5.41) is 21.6. The van der Waals surface area contributed by atoms with Crippen LogP contribution in [-0.4, -0.2) is 43.4 Å². The van der Waals surface area contributed by atoms with E-state index in [4.69, 9.17) is 4.74 Å². The molecule has 3 aromatic heterocycles. The van der Waals surface area contributed by atoms with Crippen molar-refractivity contribution in [3.05, 3.63) is 47.4 Å². The molecular weight excluding hydrogens is 384 g/mol. The molecule has 0 aliphatic rings. The Balaban J connectivity index is 1.74. The van der Waals surface area contributed by atoms with Crippen LogP contribution in [0.1, 0.15) is 30.3 Å². The number of aromatic nitrogens is 6. The Morgan fingerprint density at radius 2 is 2.07 bits per heavy atom. The first-order chi connectivity index (χ1) is 14.0. The fourth-order valence-corrected chi connectivity index (χ4v) is 2.37. The van der Waals surface area contributed by atoms with Gasteiger partial charge in [-0.05, 0) is 32.0 Å². The molecule has 0 aromatic carbocycles. The Labute approximate surface area is 165 Å². The smallest absolute Gasteiger partial charge is 0.265 e. The normalized spacial score (nSPS) is 11.4. The summed E-state index contributed by atoms with van der Waals surface area (Å²) in [5.74, 6) is 1.14. The fourth-order valence-electron chi connectivity index (χ4n) is 2.37. The maximum Gasteiger partial charge on any atom is 0.265 e. The minimum Gasteiger partial charge on any atom is -0.470 e. The van der Waals surface area contributed by atoms with Crippen molar-refractivity contribution in [3.63, 3.8) is 0 Å². The van der Waals surface area contributed by atoms with E-state index in [2.05, 4.69) is 36.0 Å². The number of hydrogen-bond acceptors (Lipinski definition) is 9. The summed E-state index contributed by atoms with van der Waals surface area (Å²) in [6.07, 6.45) is 0.139. The maximum absolute atomic E-state index is 12.7. The number of hydrogen-bond donors (Lipinski definition) is 1. The zero-order chi connectivity index (χ0) is 20.8. The molecule has 0 unspecified atom stereocenters. The first-order valence-corrected chi connectivity index (χ1v) is 8.61. The number of rotatable bonds is 8. The quantitative estimate of drug-likeness (QED) is 0.451. The third kappa shape index (κ3) is 4.66. The van der Waals surface area contributed by atoms with Crippen LogP contribution in [-0.2, 0) is 6.61 Å². The molecule has 10 nitrogen and oxygen atoms in total. The largest absolute Gasteiger partial charge is 0.470 e. The number of ether oxygens (including phenoxy) is 1. The highest BCUT2D eigenvalue weighted by atomic mass is 19.3. The van der Waals surface area contributed by atoms with Gasteiger partial charge in [-0.2, -0.15) is 14.9 Å². The summed E-state index contributed by atoms with van der Waals surface area (Å²) in [5.41, 5.74) is 3.92. The average Bonchev–Trinajstić information content (AvgIpc) is 3.11. The monoisotopic (exact) mass is 403 g/mol. The summed E-state index contributed by atoms with van der Waals surface area (Å²) in [6.45, 7) is 3.64. The molecule has 0 aliphatic heterocycles. The average molecular weight is 403 g/mol. The zero-order valence-electron chi connectivity index (χ0n) is 16.0. The van der Waals surface area contributed by atoms with Crippen LogP contribution in [0.4, 0.5) is 14.6 Å². The molecule has 0 aliphatic carbocycles. The van der Waals surface area contributed by atoms with Gasteiger partial charge in [0.05, 0.1) is 5.69 Å². The van der Waals surface area contributed by atoms with Crippen molar-refractivity contribution in [3.8, 4) is 11.7 Å². The highest BCUT2D eigenvalue weighted by molar-refractivity contribution is 5.55. The van der Waals surface area contributed by atoms with Crippen molar-refractivity contribution >= 4 is 12.0 Å². The molecule has 29 heavy (non-hydrogen) atoms. The van der Waals surface area contributed by atoms with Gasteiger partial charge in [-0.15, -0.1) is 15.3 Å². The first-order valence-electron chi connectivity index (χ1n) is 8.61. The van der Waals surface area contributed by atoms with Crippen LogP contribution in [0.25, 0.3) is 5.82 Å². The number of hydrazine groups is 1. The second-order valence-corrected chi connectivity index (χ2v) is 5.71. The number of hydrazone groups is 1.